The Labute approximate surface area is 103 Å². The largest absolute Gasteiger partial charge is 0.481 e. The van der Waals surface area contributed by atoms with Crippen LogP contribution in [0.4, 0.5) is 5.69 Å². The van der Waals surface area contributed by atoms with Crippen molar-refractivity contribution < 1.29 is 19.2 Å². The number of benzene rings is 1. The fourth-order valence-corrected chi connectivity index (χ4v) is 1.37. The van der Waals surface area contributed by atoms with Crippen molar-refractivity contribution in [2.75, 3.05) is 0 Å². The Bertz CT molecular complexity index is 486. The summed E-state index contributed by atoms with van der Waals surface area (Å²) in [5, 5.41) is 10.6. The van der Waals surface area contributed by atoms with Crippen LogP contribution in [-0.4, -0.2) is 23.2 Å². The number of carbonyl (C=O) groups is 2. The van der Waals surface area contributed by atoms with Crippen molar-refractivity contribution in [2.24, 2.45) is 5.73 Å². The van der Waals surface area contributed by atoms with E-state index in [1.807, 2.05) is 0 Å². The number of nitro benzene ring substituents is 1. The number of rotatable bonds is 6. The van der Waals surface area contributed by atoms with Crippen molar-refractivity contribution in [2.45, 2.75) is 19.4 Å². The number of carbonyl (C=O) groups excluding carboxylic acids is 2. The van der Waals surface area contributed by atoms with Crippen molar-refractivity contribution in [1.29, 1.82) is 0 Å². The molecule has 96 valence electrons. The lowest BCUT2D eigenvalue weighted by molar-refractivity contribution is -0.385. The van der Waals surface area contributed by atoms with E-state index in [2.05, 4.69) is 0 Å². The minimum absolute atomic E-state index is 0.114. The molecule has 0 saturated heterocycles. The molecule has 1 aromatic rings. The highest BCUT2D eigenvalue weighted by Crippen LogP contribution is 2.23. The van der Waals surface area contributed by atoms with Crippen LogP contribution in [0.25, 0.3) is 0 Å². The smallest absolute Gasteiger partial charge is 0.280 e. The number of nitrogens with zero attached hydrogens (tertiary/aromatic N) is 1. The monoisotopic (exact) mass is 252 g/mol. The molecule has 0 aliphatic rings. The van der Waals surface area contributed by atoms with Crippen LogP contribution in [-0.2, 0) is 4.79 Å². The summed E-state index contributed by atoms with van der Waals surface area (Å²) in [4.78, 5) is 31.6. The minimum atomic E-state index is -0.828. The highest BCUT2D eigenvalue weighted by molar-refractivity contribution is 5.82. The van der Waals surface area contributed by atoms with E-state index in [0.717, 1.165) is 6.07 Å². The predicted octanol–water partition coefficient (Wildman–Crippen LogP) is 1.05. The van der Waals surface area contributed by atoms with E-state index in [4.69, 9.17) is 10.5 Å². The second kappa shape index (κ2) is 5.76. The van der Waals surface area contributed by atoms with Gasteiger partial charge in [-0.3, -0.25) is 19.7 Å². The second-order valence-electron chi connectivity index (χ2n) is 3.51. The molecule has 0 bridgehead atoms. The maximum absolute atomic E-state index is 11.0. The highest BCUT2D eigenvalue weighted by Gasteiger charge is 2.18. The van der Waals surface area contributed by atoms with Crippen molar-refractivity contribution >= 4 is 17.9 Å². The van der Waals surface area contributed by atoms with Crippen LogP contribution in [0.3, 0.4) is 0 Å². The average Bonchev–Trinajstić information content (AvgIpc) is 2.34. The van der Waals surface area contributed by atoms with Gasteiger partial charge in [-0.25, -0.2) is 0 Å². The molecular weight excluding hydrogens is 240 g/mol. The number of nitro groups is 1. The first-order valence-electron chi connectivity index (χ1n) is 5.19. The topological polar surface area (TPSA) is 113 Å². The summed E-state index contributed by atoms with van der Waals surface area (Å²) in [6.07, 6.45) is -0.107. The standard InChI is InChI=1S/C11H12N2O5/c1-2-10(11(12)15)18-8-3-4-9(13(16)17)7(5-8)6-14/h3-6,10H,2H2,1H3,(H2,12,15). The molecule has 1 unspecified atom stereocenters. The van der Waals surface area contributed by atoms with Crippen LogP contribution < -0.4 is 10.5 Å². The molecule has 0 spiro atoms. The normalized spacial score (nSPS) is 11.6. The van der Waals surface area contributed by atoms with E-state index in [9.17, 15) is 19.7 Å². The second-order valence-corrected chi connectivity index (χ2v) is 3.51. The number of aldehydes is 1. The molecule has 1 amide bonds. The van der Waals surface area contributed by atoms with Crippen LogP contribution in [0.2, 0.25) is 0 Å². The summed E-state index contributed by atoms with van der Waals surface area (Å²) in [7, 11) is 0. The van der Waals surface area contributed by atoms with Gasteiger partial charge in [-0.15, -0.1) is 0 Å². The van der Waals surface area contributed by atoms with Gasteiger partial charge < -0.3 is 10.5 Å². The van der Waals surface area contributed by atoms with Gasteiger partial charge in [0.1, 0.15) is 5.75 Å². The number of ether oxygens (including phenoxy) is 1. The molecule has 1 aromatic carbocycles. The Morgan fingerprint density at radius 1 is 1.61 bits per heavy atom. The zero-order valence-electron chi connectivity index (χ0n) is 9.66. The molecule has 1 rings (SSSR count). The van der Waals surface area contributed by atoms with Crippen molar-refractivity contribution in [1.82, 2.24) is 0 Å². The lowest BCUT2D eigenvalue weighted by Crippen LogP contribution is -2.33. The summed E-state index contributed by atoms with van der Waals surface area (Å²) in [5.41, 5.74) is 4.67. The summed E-state index contributed by atoms with van der Waals surface area (Å²) in [6, 6.07) is 3.67. The van der Waals surface area contributed by atoms with Gasteiger partial charge >= 0.3 is 0 Å². The Morgan fingerprint density at radius 3 is 2.72 bits per heavy atom. The maximum Gasteiger partial charge on any atom is 0.280 e. The van der Waals surface area contributed by atoms with Gasteiger partial charge in [-0.2, -0.15) is 0 Å². The molecule has 0 aliphatic carbocycles. The van der Waals surface area contributed by atoms with Crippen LogP contribution in [0.5, 0.6) is 5.75 Å². The fourth-order valence-electron chi connectivity index (χ4n) is 1.37. The molecule has 18 heavy (non-hydrogen) atoms. The number of hydrogen-bond acceptors (Lipinski definition) is 5. The number of amides is 1. The molecule has 0 radical (unpaired) electrons. The van der Waals surface area contributed by atoms with Crippen molar-refractivity contribution in [3.63, 3.8) is 0 Å². The first-order chi connectivity index (χ1) is 8.49. The van der Waals surface area contributed by atoms with Crippen LogP contribution in [0.1, 0.15) is 23.7 Å². The van der Waals surface area contributed by atoms with Crippen LogP contribution in [0, 0.1) is 10.1 Å². The Hall–Kier alpha value is -2.44. The SMILES string of the molecule is CCC(Oc1ccc([N+](=O)[O-])c(C=O)c1)C(N)=O. The van der Waals surface area contributed by atoms with E-state index in [1.54, 1.807) is 6.92 Å². The van der Waals surface area contributed by atoms with Crippen LogP contribution >= 0.6 is 0 Å². The minimum Gasteiger partial charge on any atom is -0.481 e. The van der Waals surface area contributed by atoms with Crippen LogP contribution in [0.15, 0.2) is 18.2 Å². The molecule has 0 fully saturated rings. The molecule has 0 aliphatic heterocycles. The average molecular weight is 252 g/mol. The van der Waals surface area contributed by atoms with Gasteiger partial charge in [0.05, 0.1) is 10.5 Å². The van der Waals surface area contributed by atoms with E-state index in [0.29, 0.717) is 12.7 Å². The molecule has 1 atom stereocenters. The highest BCUT2D eigenvalue weighted by atomic mass is 16.6. The lowest BCUT2D eigenvalue weighted by Gasteiger charge is -2.14. The Morgan fingerprint density at radius 2 is 2.28 bits per heavy atom. The number of nitrogens with two attached hydrogens (primary N) is 1. The molecule has 0 heterocycles. The summed E-state index contributed by atoms with van der Waals surface area (Å²) >= 11 is 0. The molecule has 0 aromatic heterocycles. The van der Waals surface area contributed by atoms with E-state index < -0.39 is 16.9 Å². The zero-order chi connectivity index (χ0) is 13.7. The zero-order valence-corrected chi connectivity index (χ0v) is 9.66. The first kappa shape index (κ1) is 13.6. The molecule has 7 heteroatoms. The first-order valence-corrected chi connectivity index (χ1v) is 5.19. The lowest BCUT2D eigenvalue weighted by atomic mass is 10.2. The summed E-state index contributed by atoms with van der Waals surface area (Å²) in [6.45, 7) is 1.71. The number of hydrogen-bond donors (Lipinski definition) is 1. The van der Waals surface area contributed by atoms with Gasteiger partial charge in [0.2, 0.25) is 0 Å². The quantitative estimate of drug-likeness (QED) is 0.462. The van der Waals surface area contributed by atoms with Crippen molar-refractivity contribution in [3.8, 4) is 5.75 Å². The number of primary amides is 1. The third-order valence-electron chi connectivity index (χ3n) is 2.29. The van der Waals surface area contributed by atoms with E-state index in [1.165, 1.54) is 12.1 Å². The fraction of sp³-hybridized carbons (Fsp3) is 0.273. The summed E-state index contributed by atoms with van der Waals surface area (Å²) in [5.74, 6) is -0.447. The summed E-state index contributed by atoms with van der Waals surface area (Å²) < 4.78 is 5.25. The van der Waals surface area contributed by atoms with Gasteiger partial charge in [-0.1, -0.05) is 6.92 Å². The van der Waals surface area contributed by atoms with Gasteiger partial charge in [-0.05, 0) is 18.6 Å². The third-order valence-corrected chi connectivity index (χ3v) is 2.29. The molecule has 0 saturated carbocycles. The van der Waals surface area contributed by atoms with Gasteiger partial charge in [0.25, 0.3) is 11.6 Å². The van der Waals surface area contributed by atoms with Gasteiger partial charge in [0.15, 0.2) is 12.4 Å². The van der Waals surface area contributed by atoms with E-state index in [-0.39, 0.29) is 17.0 Å². The predicted molar refractivity (Wildman–Crippen MR) is 62.4 cm³/mol. The van der Waals surface area contributed by atoms with Gasteiger partial charge in [0, 0.05) is 6.07 Å². The molecule has 7 nitrogen and oxygen atoms in total. The Balaban J connectivity index is 3.02. The van der Waals surface area contributed by atoms with Crippen molar-refractivity contribution in [3.05, 3.63) is 33.9 Å². The maximum atomic E-state index is 11.0. The molecular formula is C11H12N2O5. The third kappa shape index (κ3) is 3.03. The Kier molecular flexibility index (Phi) is 4.36. The molecule has 2 N–H and O–H groups in total. The van der Waals surface area contributed by atoms with E-state index >= 15 is 0 Å².